The third kappa shape index (κ3) is 4.32. The number of amides is 3. The monoisotopic (exact) mass is 340 g/mol. The lowest BCUT2D eigenvalue weighted by Gasteiger charge is -2.29. The summed E-state index contributed by atoms with van der Waals surface area (Å²) in [6, 6.07) is 0.553. The van der Waals surface area contributed by atoms with Crippen molar-refractivity contribution in [3.05, 3.63) is 0 Å². The number of rotatable bonds is 8. The summed E-state index contributed by atoms with van der Waals surface area (Å²) in [6.07, 6.45) is 4.85. The number of hydrogen-bond donors (Lipinski definition) is 3. The van der Waals surface area contributed by atoms with Gasteiger partial charge in [0.15, 0.2) is 0 Å². The highest BCUT2D eigenvalue weighted by atomic mass is 32.2. The van der Waals surface area contributed by atoms with E-state index in [-0.39, 0.29) is 18.0 Å². The summed E-state index contributed by atoms with van der Waals surface area (Å²) in [7, 11) is 1.92. The highest BCUT2D eigenvalue weighted by molar-refractivity contribution is 8.00. The molecule has 0 spiro atoms. The van der Waals surface area contributed by atoms with E-state index >= 15 is 0 Å². The molecule has 0 radical (unpaired) electrons. The van der Waals surface area contributed by atoms with Crippen molar-refractivity contribution in [2.45, 2.75) is 49.4 Å². The second kappa shape index (κ2) is 7.75. The van der Waals surface area contributed by atoms with Crippen LogP contribution in [-0.2, 0) is 4.79 Å². The molecule has 130 valence electrons. The summed E-state index contributed by atoms with van der Waals surface area (Å²) in [5.74, 6) is 2.03. The van der Waals surface area contributed by atoms with E-state index in [4.69, 9.17) is 0 Å². The molecular formula is C16H28N4O2S. The molecule has 0 unspecified atom stereocenters. The van der Waals surface area contributed by atoms with Crippen molar-refractivity contribution in [3.63, 3.8) is 0 Å². The van der Waals surface area contributed by atoms with Crippen molar-refractivity contribution < 1.29 is 9.59 Å². The van der Waals surface area contributed by atoms with Gasteiger partial charge in [0.1, 0.15) is 0 Å². The Hall–Kier alpha value is -0.950. The van der Waals surface area contributed by atoms with Gasteiger partial charge >= 0.3 is 6.03 Å². The Morgan fingerprint density at radius 1 is 1.26 bits per heavy atom. The van der Waals surface area contributed by atoms with E-state index in [2.05, 4.69) is 16.0 Å². The summed E-state index contributed by atoms with van der Waals surface area (Å²) >= 11 is 1.94. The summed E-state index contributed by atoms with van der Waals surface area (Å²) in [4.78, 5) is 25.4. The first kappa shape index (κ1) is 16.9. The molecule has 3 saturated heterocycles. The average molecular weight is 340 g/mol. The topological polar surface area (TPSA) is 73.5 Å². The third-order valence-electron chi connectivity index (χ3n) is 5.23. The zero-order valence-corrected chi connectivity index (χ0v) is 14.7. The van der Waals surface area contributed by atoms with E-state index < -0.39 is 0 Å². The minimum atomic E-state index is -0.0243. The Morgan fingerprint density at radius 2 is 2.09 bits per heavy atom. The molecule has 3 heterocycles. The summed E-state index contributed by atoms with van der Waals surface area (Å²) < 4.78 is 0. The molecule has 23 heavy (non-hydrogen) atoms. The largest absolute Gasteiger partial charge is 0.346 e. The number of nitrogens with one attached hydrogen (secondary N) is 3. The number of unbranched alkanes of at least 4 members (excludes halogenated alkanes) is 1. The molecule has 3 N–H and O–H groups in total. The van der Waals surface area contributed by atoms with Gasteiger partial charge in [-0.2, -0.15) is 11.8 Å². The first-order valence-electron chi connectivity index (χ1n) is 8.77. The van der Waals surface area contributed by atoms with Crippen molar-refractivity contribution in [2.75, 3.05) is 32.4 Å². The van der Waals surface area contributed by atoms with E-state index in [1.165, 1.54) is 0 Å². The Kier molecular flexibility index (Phi) is 5.69. The van der Waals surface area contributed by atoms with E-state index in [1.807, 2.05) is 23.7 Å². The molecule has 6 nitrogen and oxygen atoms in total. The van der Waals surface area contributed by atoms with Crippen LogP contribution in [0.1, 0.15) is 32.1 Å². The second-order valence-corrected chi connectivity index (χ2v) is 8.27. The van der Waals surface area contributed by atoms with Gasteiger partial charge in [-0.25, -0.2) is 4.79 Å². The van der Waals surface area contributed by atoms with Crippen LogP contribution in [0.15, 0.2) is 0 Å². The fraction of sp³-hybridized carbons (Fsp3) is 0.875. The number of fused-ring (bicyclic) bond motifs is 1. The van der Waals surface area contributed by atoms with Crippen LogP contribution in [0.3, 0.4) is 0 Å². The Bertz CT molecular complexity index is 444. The average Bonchev–Trinajstić information content (AvgIpc) is 3.01. The van der Waals surface area contributed by atoms with Crippen molar-refractivity contribution in [1.82, 2.24) is 20.9 Å². The van der Waals surface area contributed by atoms with Crippen LogP contribution in [0.2, 0.25) is 0 Å². The van der Waals surface area contributed by atoms with E-state index in [0.717, 1.165) is 57.0 Å². The zero-order chi connectivity index (χ0) is 16.2. The maximum absolute atomic E-state index is 12.1. The molecule has 0 aliphatic carbocycles. The van der Waals surface area contributed by atoms with E-state index in [0.29, 0.717) is 17.7 Å². The molecule has 0 saturated carbocycles. The molecule has 3 rings (SSSR count). The molecule has 3 aliphatic rings. The van der Waals surface area contributed by atoms with Crippen molar-refractivity contribution in [1.29, 1.82) is 0 Å². The van der Waals surface area contributed by atoms with Crippen molar-refractivity contribution in [2.24, 2.45) is 5.92 Å². The van der Waals surface area contributed by atoms with Crippen LogP contribution in [0.25, 0.3) is 0 Å². The molecule has 0 aromatic carbocycles. The molecule has 0 aromatic rings. The van der Waals surface area contributed by atoms with Crippen molar-refractivity contribution in [3.8, 4) is 0 Å². The lowest BCUT2D eigenvalue weighted by atomic mass is 9.99. The number of carbonyl (C=O) groups is 2. The number of nitrogens with zero attached hydrogens (tertiary/aromatic N) is 1. The van der Waals surface area contributed by atoms with Gasteiger partial charge in [-0.3, -0.25) is 4.79 Å². The normalized spacial score (nSPS) is 29.6. The molecule has 3 aliphatic heterocycles. The van der Waals surface area contributed by atoms with Crippen molar-refractivity contribution >= 4 is 23.7 Å². The molecule has 3 atom stereocenters. The van der Waals surface area contributed by atoms with Crippen LogP contribution in [0.4, 0.5) is 4.79 Å². The second-order valence-electron chi connectivity index (χ2n) is 7.00. The first-order chi connectivity index (χ1) is 11.1. The Labute approximate surface area is 142 Å². The maximum atomic E-state index is 12.1. The van der Waals surface area contributed by atoms with Gasteiger partial charge in [-0.15, -0.1) is 0 Å². The molecular weight excluding hydrogens is 312 g/mol. The van der Waals surface area contributed by atoms with Gasteiger partial charge in [0.05, 0.1) is 12.1 Å². The summed E-state index contributed by atoms with van der Waals surface area (Å²) in [5, 5.41) is 9.75. The standard InChI is InChI=1S/C16H28N4O2S/c1-20(7-6-11-8-17-9-11)14(21)5-3-2-4-13-15-12(10-23-13)18-16(22)19-15/h11-13,15,17H,2-10H2,1H3,(H2,18,19,22)/t12-,13-,15-/m0/s1. The van der Waals surface area contributed by atoms with Crippen LogP contribution in [0, 0.1) is 5.92 Å². The molecule has 7 heteroatoms. The van der Waals surface area contributed by atoms with Gasteiger partial charge in [0.25, 0.3) is 0 Å². The smallest absolute Gasteiger partial charge is 0.315 e. The van der Waals surface area contributed by atoms with Crippen LogP contribution in [0.5, 0.6) is 0 Å². The molecule has 3 fully saturated rings. The Balaban J connectivity index is 1.27. The fourth-order valence-corrected chi connectivity index (χ4v) is 5.05. The highest BCUT2D eigenvalue weighted by Crippen LogP contribution is 2.33. The molecule has 3 amide bonds. The predicted molar refractivity (Wildman–Crippen MR) is 92.6 cm³/mol. The predicted octanol–water partition coefficient (Wildman–Crippen LogP) is 0.780. The minimum absolute atomic E-state index is 0.0243. The van der Waals surface area contributed by atoms with Gasteiger partial charge in [-0.1, -0.05) is 6.42 Å². The number of carbonyl (C=O) groups excluding carboxylic acids is 2. The lowest BCUT2D eigenvalue weighted by Crippen LogP contribution is -2.43. The van der Waals surface area contributed by atoms with Gasteiger partial charge in [0, 0.05) is 31.0 Å². The van der Waals surface area contributed by atoms with Gasteiger partial charge < -0.3 is 20.9 Å². The highest BCUT2D eigenvalue weighted by Gasteiger charge is 2.42. The SMILES string of the molecule is CN(CCC1CNC1)C(=O)CCCC[C@@H]1SC[C@@H]2NC(=O)N[C@@H]21. The third-order valence-corrected chi connectivity index (χ3v) is 6.74. The molecule has 0 aromatic heterocycles. The van der Waals surface area contributed by atoms with Crippen LogP contribution < -0.4 is 16.0 Å². The quantitative estimate of drug-likeness (QED) is 0.451. The van der Waals surface area contributed by atoms with E-state index in [9.17, 15) is 9.59 Å². The maximum Gasteiger partial charge on any atom is 0.315 e. The molecule has 0 bridgehead atoms. The number of thioether (sulfide) groups is 1. The van der Waals surface area contributed by atoms with Gasteiger partial charge in [0.2, 0.25) is 5.91 Å². The number of hydrogen-bond acceptors (Lipinski definition) is 4. The fourth-order valence-electron chi connectivity index (χ4n) is 3.51. The lowest BCUT2D eigenvalue weighted by molar-refractivity contribution is -0.130. The number of urea groups is 1. The van der Waals surface area contributed by atoms with Gasteiger partial charge in [-0.05, 0) is 38.3 Å². The summed E-state index contributed by atoms with van der Waals surface area (Å²) in [5.41, 5.74) is 0. The van der Waals surface area contributed by atoms with Crippen LogP contribution in [-0.4, -0.2) is 66.6 Å². The van der Waals surface area contributed by atoms with E-state index in [1.54, 1.807) is 0 Å². The Morgan fingerprint density at radius 3 is 2.83 bits per heavy atom. The minimum Gasteiger partial charge on any atom is -0.346 e. The first-order valence-corrected chi connectivity index (χ1v) is 9.81. The summed E-state index contributed by atoms with van der Waals surface area (Å²) in [6.45, 7) is 3.09. The van der Waals surface area contributed by atoms with Crippen LogP contribution >= 0.6 is 11.8 Å². The zero-order valence-electron chi connectivity index (χ0n) is 13.8.